The molecule has 0 spiro atoms. The molecule has 78 valence electrons. The summed E-state index contributed by atoms with van der Waals surface area (Å²) in [6.07, 6.45) is 0. The number of halogens is 1. The van der Waals surface area contributed by atoms with Crippen molar-refractivity contribution in [2.75, 3.05) is 0 Å². The Morgan fingerprint density at radius 3 is 2.53 bits per heavy atom. The molecule has 0 aliphatic heterocycles. The molecule has 0 aliphatic rings. The highest BCUT2D eigenvalue weighted by molar-refractivity contribution is 6.28. The number of benzene rings is 1. The Balaban J connectivity index is 2.34. The van der Waals surface area contributed by atoms with E-state index < -0.39 is 0 Å². The summed E-state index contributed by atoms with van der Waals surface area (Å²) < 4.78 is 1.89. The van der Waals surface area contributed by atoms with Crippen LogP contribution in [0.15, 0.2) is 24.3 Å². The molecule has 0 unspecified atom stereocenters. The van der Waals surface area contributed by atoms with Gasteiger partial charge in [0, 0.05) is 0 Å². The number of aryl methyl sites for hydroxylation is 2. The minimum atomic E-state index is 0.441. The zero-order valence-electron chi connectivity index (χ0n) is 8.74. The number of hydrogen-bond donors (Lipinski definition) is 0. The topological polar surface area (TPSA) is 30.7 Å². The smallest absolute Gasteiger partial charge is 0.225 e. The molecule has 0 N–H and O–H groups in total. The van der Waals surface area contributed by atoms with E-state index in [2.05, 4.69) is 29.3 Å². The summed E-state index contributed by atoms with van der Waals surface area (Å²) in [7, 11) is 0. The molecule has 15 heavy (non-hydrogen) atoms. The van der Waals surface area contributed by atoms with Gasteiger partial charge in [0.15, 0.2) is 0 Å². The van der Waals surface area contributed by atoms with E-state index in [4.69, 9.17) is 11.6 Å². The molecule has 0 saturated heterocycles. The highest BCUT2D eigenvalue weighted by atomic mass is 35.5. The van der Waals surface area contributed by atoms with Crippen LogP contribution in [-0.2, 0) is 6.54 Å². The van der Waals surface area contributed by atoms with Crippen LogP contribution in [0.4, 0.5) is 0 Å². The molecule has 0 amide bonds. The maximum absolute atomic E-state index is 5.94. The van der Waals surface area contributed by atoms with Crippen molar-refractivity contribution in [2.45, 2.75) is 20.4 Å². The van der Waals surface area contributed by atoms with Gasteiger partial charge in [-0.15, -0.1) is 10.2 Å². The van der Waals surface area contributed by atoms with Crippen LogP contribution in [0.3, 0.4) is 0 Å². The monoisotopic (exact) mass is 221 g/mol. The zero-order valence-corrected chi connectivity index (χ0v) is 9.49. The number of aromatic nitrogens is 3. The quantitative estimate of drug-likeness (QED) is 0.781. The Labute approximate surface area is 93.7 Å². The summed E-state index contributed by atoms with van der Waals surface area (Å²) in [6, 6.07) is 8.23. The van der Waals surface area contributed by atoms with Crippen LogP contribution in [-0.4, -0.2) is 14.8 Å². The number of rotatable bonds is 2. The van der Waals surface area contributed by atoms with Crippen LogP contribution in [0.5, 0.6) is 0 Å². The lowest BCUT2D eigenvalue weighted by Crippen LogP contribution is -2.03. The summed E-state index contributed by atoms with van der Waals surface area (Å²) in [5, 5.41) is 8.18. The van der Waals surface area contributed by atoms with Gasteiger partial charge in [-0.25, -0.2) is 0 Å². The van der Waals surface area contributed by atoms with Gasteiger partial charge in [-0.05, 0) is 36.6 Å². The predicted molar refractivity (Wildman–Crippen MR) is 60.1 cm³/mol. The van der Waals surface area contributed by atoms with E-state index in [1.807, 2.05) is 23.6 Å². The van der Waals surface area contributed by atoms with Gasteiger partial charge < -0.3 is 0 Å². The lowest BCUT2D eigenvalue weighted by atomic mass is 10.1. The van der Waals surface area contributed by atoms with E-state index in [-0.39, 0.29) is 0 Å². The summed E-state index contributed by atoms with van der Waals surface area (Å²) in [4.78, 5) is 0. The first-order chi connectivity index (χ1) is 7.18. The molecule has 0 bridgehead atoms. The van der Waals surface area contributed by atoms with E-state index in [0.29, 0.717) is 5.28 Å². The minimum absolute atomic E-state index is 0.441. The van der Waals surface area contributed by atoms with Crippen molar-refractivity contribution in [1.29, 1.82) is 0 Å². The third-order valence-electron chi connectivity index (χ3n) is 2.48. The van der Waals surface area contributed by atoms with E-state index in [0.717, 1.165) is 12.4 Å². The number of hydrogen-bond acceptors (Lipinski definition) is 2. The van der Waals surface area contributed by atoms with Gasteiger partial charge in [0.25, 0.3) is 0 Å². The molecular formula is C11H12ClN3. The highest BCUT2D eigenvalue weighted by Gasteiger charge is 2.07. The highest BCUT2D eigenvalue weighted by Crippen LogP contribution is 2.14. The first-order valence-electron chi connectivity index (χ1n) is 4.78. The SMILES string of the molecule is Cc1ccccc1Cn1c(C)nnc1Cl. The van der Waals surface area contributed by atoms with Crippen molar-refractivity contribution >= 4 is 11.6 Å². The zero-order chi connectivity index (χ0) is 10.8. The molecule has 1 aromatic carbocycles. The molecular weight excluding hydrogens is 210 g/mol. The third-order valence-corrected chi connectivity index (χ3v) is 2.76. The normalized spacial score (nSPS) is 10.6. The second kappa shape index (κ2) is 4.03. The fourth-order valence-electron chi connectivity index (χ4n) is 1.49. The summed E-state index contributed by atoms with van der Waals surface area (Å²) in [5.74, 6) is 0.836. The number of nitrogens with zero attached hydrogens (tertiary/aromatic N) is 3. The van der Waals surface area contributed by atoms with E-state index in [9.17, 15) is 0 Å². The Morgan fingerprint density at radius 1 is 1.20 bits per heavy atom. The van der Waals surface area contributed by atoms with Gasteiger partial charge in [0.05, 0.1) is 6.54 Å². The molecule has 0 atom stereocenters. The van der Waals surface area contributed by atoms with Gasteiger partial charge in [-0.2, -0.15) is 0 Å². The minimum Gasteiger partial charge on any atom is -0.298 e. The molecule has 2 rings (SSSR count). The molecule has 2 aromatic rings. The van der Waals surface area contributed by atoms with Crippen LogP contribution in [0, 0.1) is 13.8 Å². The second-order valence-corrected chi connectivity index (χ2v) is 3.87. The molecule has 1 heterocycles. The Bertz CT molecular complexity index is 457. The fourth-order valence-corrected chi connectivity index (χ4v) is 1.71. The summed E-state index contributed by atoms with van der Waals surface area (Å²) in [6.45, 7) is 4.71. The molecule has 3 nitrogen and oxygen atoms in total. The molecule has 4 heteroatoms. The standard InChI is InChI=1S/C11H12ClN3/c1-8-5-3-4-6-10(8)7-15-9(2)13-14-11(15)12/h3-6H,7H2,1-2H3. The first-order valence-corrected chi connectivity index (χ1v) is 5.16. The summed E-state index contributed by atoms with van der Waals surface area (Å²) >= 11 is 5.94. The Morgan fingerprint density at radius 2 is 1.93 bits per heavy atom. The van der Waals surface area contributed by atoms with Crippen molar-refractivity contribution in [3.63, 3.8) is 0 Å². The first kappa shape index (κ1) is 10.2. The van der Waals surface area contributed by atoms with Gasteiger partial charge in [-0.1, -0.05) is 24.3 Å². The largest absolute Gasteiger partial charge is 0.298 e. The molecule has 1 aromatic heterocycles. The van der Waals surface area contributed by atoms with Crippen LogP contribution in [0.1, 0.15) is 17.0 Å². The molecule has 0 radical (unpaired) electrons. The van der Waals surface area contributed by atoms with E-state index in [1.165, 1.54) is 11.1 Å². The van der Waals surface area contributed by atoms with Gasteiger partial charge in [-0.3, -0.25) is 4.57 Å². The van der Waals surface area contributed by atoms with Crippen LogP contribution in [0.2, 0.25) is 5.28 Å². The van der Waals surface area contributed by atoms with Gasteiger partial charge in [0.1, 0.15) is 5.82 Å². The van der Waals surface area contributed by atoms with Gasteiger partial charge in [0.2, 0.25) is 5.28 Å². The average Bonchev–Trinajstić information content (AvgIpc) is 2.53. The van der Waals surface area contributed by atoms with Gasteiger partial charge >= 0.3 is 0 Å². The van der Waals surface area contributed by atoms with Crippen molar-refractivity contribution in [1.82, 2.24) is 14.8 Å². The van der Waals surface area contributed by atoms with Crippen LogP contribution < -0.4 is 0 Å². The van der Waals surface area contributed by atoms with Crippen molar-refractivity contribution in [3.05, 3.63) is 46.5 Å². The fraction of sp³-hybridized carbons (Fsp3) is 0.273. The third kappa shape index (κ3) is 2.02. The summed E-state index contributed by atoms with van der Waals surface area (Å²) in [5.41, 5.74) is 2.49. The van der Waals surface area contributed by atoms with Crippen molar-refractivity contribution in [3.8, 4) is 0 Å². The average molecular weight is 222 g/mol. The lowest BCUT2D eigenvalue weighted by molar-refractivity contribution is 0.758. The Hall–Kier alpha value is -1.35. The molecule has 0 saturated carbocycles. The van der Waals surface area contributed by atoms with E-state index in [1.54, 1.807) is 0 Å². The molecule has 0 aliphatic carbocycles. The molecule has 0 fully saturated rings. The predicted octanol–water partition coefficient (Wildman–Crippen LogP) is 2.60. The second-order valence-electron chi connectivity index (χ2n) is 3.53. The van der Waals surface area contributed by atoms with Crippen molar-refractivity contribution < 1.29 is 0 Å². The van der Waals surface area contributed by atoms with Crippen molar-refractivity contribution in [2.24, 2.45) is 0 Å². The lowest BCUT2D eigenvalue weighted by Gasteiger charge is -2.07. The van der Waals surface area contributed by atoms with E-state index >= 15 is 0 Å². The maximum atomic E-state index is 5.94. The van der Waals surface area contributed by atoms with Crippen LogP contribution in [0.25, 0.3) is 0 Å². The maximum Gasteiger partial charge on any atom is 0.225 e. The van der Waals surface area contributed by atoms with Crippen LogP contribution >= 0.6 is 11.6 Å². The Kier molecular flexibility index (Phi) is 2.73.